The SMILES string of the molecule is COc1ccc(-c2nc(C)c(C)c(NCC3CCCNC3)n2)cc1. The minimum atomic E-state index is 0.665. The number of hydrogen-bond donors (Lipinski definition) is 2. The van der Waals surface area contributed by atoms with Crippen molar-refractivity contribution < 1.29 is 4.74 Å². The normalized spacial score (nSPS) is 17.5. The Morgan fingerprint density at radius 3 is 2.67 bits per heavy atom. The zero-order valence-electron chi connectivity index (χ0n) is 14.7. The van der Waals surface area contributed by atoms with Crippen LogP contribution in [0.3, 0.4) is 0 Å². The van der Waals surface area contributed by atoms with E-state index in [2.05, 4.69) is 22.5 Å². The van der Waals surface area contributed by atoms with Crippen molar-refractivity contribution in [3.8, 4) is 17.1 Å². The average molecular weight is 326 g/mol. The van der Waals surface area contributed by atoms with Gasteiger partial charge in [-0.3, -0.25) is 0 Å². The fourth-order valence-corrected chi connectivity index (χ4v) is 3.01. The summed E-state index contributed by atoms with van der Waals surface area (Å²) in [6.07, 6.45) is 2.53. The molecule has 1 unspecified atom stereocenters. The summed E-state index contributed by atoms with van der Waals surface area (Å²) in [5.41, 5.74) is 3.14. The molecule has 0 saturated carbocycles. The number of hydrogen-bond acceptors (Lipinski definition) is 5. The summed E-state index contributed by atoms with van der Waals surface area (Å²) in [6.45, 7) is 7.30. The minimum Gasteiger partial charge on any atom is -0.497 e. The highest BCUT2D eigenvalue weighted by Crippen LogP contribution is 2.24. The summed E-state index contributed by atoms with van der Waals surface area (Å²) in [4.78, 5) is 9.41. The van der Waals surface area contributed by atoms with E-state index in [4.69, 9.17) is 9.72 Å². The molecule has 2 aromatic rings. The van der Waals surface area contributed by atoms with Crippen LogP contribution in [-0.4, -0.2) is 36.7 Å². The number of methoxy groups -OCH3 is 1. The molecule has 0 aliphatic carbocycles. The van der Waals surface area contributed by atoms with Crippen LogP contribution in [0, 0.1) is 19.8 Å². The van der Waals surface area contributed by atoms with E-state index in [0.717, 1.165) is 53.8 Å². The summed E-state index contributed by atoms with van der Waals surface area (Å²) in [7, 11) is 1.67. The number of rotatable bonds is 5. The number of nitrogens with zero attached hydrogens (tertiary/aromatic N) is 2. The Morgan fingerprint density at radius 1 is 1.21 bits per heavy atom. The van der Waals surface area contributed by atoms with E-state index in [1.807, 2.05) is 31.2 Å². The second-order valence-electron chi connectivity index (χ2n) is 6.43. The van der Waals surface area contributed by atoms with Gasteiger partial charge in [-0.25, -0.2) is 9.97 Å². The lowest BCUT2D eigenvalue weighted by atomic mass is 10.00. The highest BCUT2D eigenvalue weighted by molar-refractivity contribution is 5.60. The monoisotopic (exact) mass is 326 g/mol. The lowest BCUT2D eigenvalue weighted by molar-refractivity contribution is 0.392. The first-order valence-corrected chi connectivity index (χ1v) is 8.61. The van der Waals surface area contributed by atoms with Crippen LogP contribution in [-0.2, 0) is 0 Å². The van der Waals surface area contributed by atoms with Gasteiger partial charge in [0.15, 0.2) is 5.82 Å². The van der Waals surface area contributed by atoms with E-state index in [1.165, 1.54) is 12.8 Å². The van der Waals surface area contributed by atoms with Crippen LogP contribution >= 0.6 is 0 Å². The third-order valence-electron chi connectivity index (χ3n) is 4.69. The third kappa shape index (κ3) is 3.85. The quantitative estimate of drug-likeness (QED) is 0.884. The molecule has 24 heavy (non-hydrogen) atoms. The molecule has 2 N–H and O–H groups in total. The van der Waals surface area contributed by atoms with Crippen LogP contribution < -0.4 is 15.4 Å². The minimum absolute atomic E-state index is 0.665. The summed E-state index contributed by atoms with van der Waals surface area (Å²) < 4.78 is 5.22. The van der Waals surface area contributed by atoms with Crippen molar-refractivity contribution in [3.05, 3.63) is 35.5 Å². The predicted octanol–water partition coefficient (Wildman–Crippen LogP) is 3.18. The maximum Gasteiger partial charge on any atom is 0.161 e. The molecule has 0 spiro atoms. The van der Waals surface area contributed by atoms with Crippen LogP contribution in [0.1, 0.15) is 24.1 Å². The van der Waals surface area contributed by atoms with Gasteiger partial charge in [-0.15, -0.1) is 0 Å². The van der Waals surface area contributed by atoms with Gasteiger partial charge in [0.05, 0.1) is 7.11 Å². The maximum absolute atomic E-state index is 5.22. The molecule has 1 saturated heterocycles. The van der Waals surface area contributed by atoms with Crippen LogP contribution in [0.5, 0.6) is 5.75 Å². The number of benzene rings is 1. The Hall–Kier alpha value is -2.14. The van der Waals surface area contributed by atoms with E-state index >= 15 is 0 Å². The second-order valence-corrected chi connectivity index (χ2v) is 6.43. The number of aryl methyl sites for hydroxylation is 1. The molecular weight excluding hydrogens is 300 g/mol. The number of piperidine rings is 1. The fraction of sp³-hybridized carbons (Fsp3) is 0.474. The van der Waals surface area contributed by atoms with Crippen molar-refractivity contribution in [1.29, 1.82) is 0 Å². The van der Waals surface area contributed by atoms with Crippen molar-refractivity contribution in [2.24, 2.45) is 5.92 Å². The molecular formula is C19H26N4O. The van der Waals surface area contributed by atoms with Gasteiger partial charge in [0.25, 0.3) is 0 Å². The zero-order valence-corrected chi connectivity index (χ0v) is 14.7. The van der Waals surface area contributed by atoms with Crippen LogP contribution in [0.15, 0.2) is 24.3 Å². The summed E-state index contributed by atoms with van der Waals surface area (Å²) in [5, 5.41) is 7.00. The molecule has 1 aliphatic rings. The summed E-state index contributed by atoms with van der Waals surface area (Å²) in [6, 6.07) is 7.87. The molecule has 1 aromatic heterocycles. The number of aromatic nitrogens is 2. The van der Waals surface area contributed by atoms with E-state index in [0.29, 0.717) is 5.92 Å². The first-order chi connectivity index (χ1) is 11.7. The highest BCUT2D eigenvalue weighted by atomic mass is 16.5. The van der Waals surface area contributed by atoms with Gasteiger partial charge < -0.3 is 15.4 Å². The largest absolute Gasteiger partial charge is 0.497 e. The van der Waals surface area contributed by atoms with Gasteiger partial charge in [-0.1, -0.05) is 0 Å². The van der Waals surface area contributed by atoms with Crippen molar-refractivity contribution in [2.75, 3.05) is 32.1 Å². The second kappa shape index (κ2) is 7.62. The van der Waals surface area contributed by atoms with Gasteiger partial charge in [0, 0.05) is 23.4 Å². The van der Waals surface area contributed by atoms with E-state index in [-0.39, 0.29) is 0 Å². The average Bonchev–Trinajstić information content (AvgIpc) is 2.63. The molecule has 1 atom stereocenters. The number of nitrogens with one attached hydrogen (secondary N) is 2. The standard InChI is InChI=1S/C19H26N4O/c1-13-14(2)22-19(16-6-8-17(24-3)9-7-16)23-18(13)21-12-15-5-4-10-20-11-15/h6-9,15,20H,4-5,10-12H2,1-3H3,(H,21,22,23). The van der Waals surface area contributed by atoms with Gasteiger partial charge in [0.1, 0.15) is 11.6 Å². The fourth-order valence-electron chi connectivity index (χ4n) is 3.01. The zero-order chi connectivity index (χ0) is 16.9. The Labute approximate surface area is 143 Å². The molecule has 5 heteroatoms. The third-order valence-corrected chi connectivity index (χ3v) is 4.69. The Morgan fingerprint density at radius 2 is 2.00 bits per heavy atom. The molecule has 2 heterocycles. The molecule has 0 amide bonds. The van der Waals surface area contributed by atoms with Gasteiger partial charge in [0.2, 0.25) is 0 Å². The Balaban J connectivity index is 1.79. The smallest absolute Gasteiger partial charge is 0.161 e. The van der Waals surface area contributed by atoms with Crippen molar-refractivity contribution in [1.82, 2.24) is 15.3 Å². The molecule has 1 fully saturated rings. The highest BCUT2D eigenvalue weighted by Gasteiger charge is 2.15. The number of anilines is 1. The summed E-state index contributed by atoms with van der Waals surface area (Å²) >= 11 is 0. The van der Waals surface area contributed by atoms with E-state index in [9.17, 15) is 0 Å². The van der Waals surface area contributed by atoms with Crippen molar-refractivity contribution >= 4 is 5.82 Å². The first-order valence-electron chi connectivity index (χ1n) is 8.61. The van der Waals surface area contributed by atoms with Gasteiger partial charge in [-0.05, 0) is 70.0 Å². The molecule has 0 bridgehead atoms. The lowest BCUT2D eigenvalue weighted by Crippen LogP contribution is -2.33. The molecule has 128 valence electrons. The first kappa shape index (κ1) is 16.7. The molecule has 3 rings (SSSR count). The lowest BCUT2D eigenvalue weighted by Gasteiger charge is -2.23. The van der Waals surface area contributed by atoms with E-state index in [1.54, 1.807) is 7.11 Å². The van der Waals surface area contributed by atoms with E-state index < -0.39 is 0 Å². The Bertz CT molecular complexity index is 679. The van der Waals surface area contributed by atoms with Crippen LogP contribution in [0.25, 0.3) is 11.4 Å². The predicted molar refractivity (Wildman–Crippen MR) is 97.6 cm³/mol. The van der Waals surface area contributed by atoms with Crippen molar-refractivity contribution in [2.45, 2.75) is 26.7 Å². The molecule has 1 aromatic carbocycles. The number of ether oxygens (including phenoxy) is 1. The van der Waals surface area contributed by atoms with Crippen LogP contribution in [0.2, 0.25) is 0 Å². The molecule has 1 aliphatic heterocycles. The van der Waals surface area contributed by atoms with Gasteiger partial charge in [-0.2, -0.15) is 0 Å². The molecule has 0 radical (unpaired) electrons. The van der Waals surface area contributed by atoms with Crippen LogP contribution in [0.4, 0.5) is 5.82 Å². The summed E-state index contributed by atoms with van der Waals surface area (Å²) in [5.74, 6) is 3.20. The topological polar surface area (TPSA) is 59.1 Å². The maximum atomic E-state index is 5.22. The molecule has 5 nitrogen and oxygen atoms in total. The van der Waals surface area contributed by atoms with Gasteiger partial charge >= 0.3 is 0 Å². The van der Waals surface area contributed by atoms with Crippen molar-refractivity contribution in [3.63, 3.8) is 0 Å². The Kier molecular flexibility index (Phi) is 5.30.